The number of hydrogen-bond donors (Lipinski definition) is 2. The highest BCUT2D eigenvalue weighted by atomic mass is 16.3. The molecule has 0 radical (unpaired) electrons. The predicted octanol–water partition coefficient (Wildman–Crippen LogP) is 6.04. The zero-order valence-corrected chi connectivity index (χ0v) is 20.0. The van der Waals surface area contributed by atoms with E-state index in [1.165, 1.54) is 29.4 Å². The van der Waals surface area contributed by atoms with Crippen LogP contribution in [0.4, 0.5) is 0 Å². The van der Waals surface area contributed by atoms with Crippen LogP contribution < -0.4 is 5.32 Å². The van der Waals surface area contributed by atoms with Crippen LogP contribution in [0.5, 0.6) is 5.75 Å². The number of rotatable bonds is 12. The first-order valence-electron chi connectivity index (χ1n) is 11.6. The van der Waals surface area contributed by atoms with Crippen LogP contribution in [0.15, 0.2) is 59.4 Å². The van der Waals surface area contributed by atoms with Crippen molar-refractivity contribution in [1.29, 1.82) is 0 Å². The Hall–Kier alpha value is -2.88. The first-order valence-corrected chi connectivity index (χ1v) is 11.6. The molecule has 0 aliphatic heterocycles. The number of phenolic OH excluding ortho intramolecular Hbond substituents is 1. The fraction of sp³-hybridized carbons (Fsp3) is 0.429. The number of unbranched alkanes of at least 4 members (excludes halogenated alkanes) is 2. The standard InChI is InChI=1S/C28H37NO3/c1-5-6-7-11-22-16-23(19-29-26-18-24(30)13-15-27(26)31)25(28(32)17-22)14-12-21(4)10-8-9-20(2)3/h9,12-13,15-18,29,32H,5-8,10-11,14,19H2,1-4H3. The molecule has 2 N–H and O–H groups in total. The summed E-state index contributed by atoms with van der Waals surface area (Å²) in [5, 5.41) is 13.9. The van der Waals surface area contributed by atoms with E-state index < -0.39 is 0 Å². The zero-order valence-electron chi connectivity index (χ0n) is 20.0. The smallest absolute Gasteiger partial charge is 0.201 e. The van der Waals surface area contributed by atoms with Crippen molar-refractivity contribution in [3.05, 3.63) is 76.0 Å². The molecule has 0 saturated heterocycles. The average molecular weight is 436 g/mol. The maximum atomic E-state index is 12.1. The lowest BCUT2D eigenvalue weighted by Crippen LogP contribution is -2.23. The maximum Gasteiger partial charge on any atom is 0.201 e. The number of aromatic hydroxyl groups is 1. The Morgan fingerprint density at radius 2 is 1.84 bits per heavy atom. The molecule has 0 saturated carbocycles. The van der Waals surface area contributed by atoms with Gasteiger partial charge in [0.1, 0.15) is 5.75 Å². The summed E-state index contributed by atoms with van der Waals surface area (Å²) in [7, 11) is 0. The van der Waals surface area contributed by atoms with Crippen molar-refractivity contribution in [3.8, 4) is 5.75 Å². The number of nitrogens with one attached hydrogen (secondary N) is 1. The molecule has 1 aliphatic carbocycles. The number of ketones is 2. The second-order valence-corrected chi connectivity index (χ2v) is 8.80. The topological polar surface area (TPSA) is 66.4 Å². The summed E-state index contributed by atoms with van der Waals surface area (Å²) in [4.78, 5) is 23.7. The minimum atomic E-state index is -0.204. The number of phenols is 1. The Morgan fingerprint density at radius 1 is 1.06 bits per heavy atom. The Balaban J connectivity index is 2.21. The molecule has 172 valence electrons. The highest BCUT2D eigenvalue weighted by Crippen LogP contribution is 2.27. The Morgan fingerprint density at radius 3 is 2.56 bits per heavy atom. The molecule has 4 nitrogen and oxygen atoms in total. The summed E-state index contributed by atoms with van der Waals surface area (Å²) in [5.74, 6) is -0.105. The van der Waals surface area contributed by atoms with Gasteiger partial charge in [-0.3, -0.25) is 9.59 Å². The zero-order chi connectivity index (χ0) is 23.5. The van der Waals surface area contributed by atoms with Crippen molar-refractivity contribution in [2.24, 2.45) is 0 Å². The molecule has 0 spiro atoms. The average Bonchev–Trinajstić information content (AvgIpc) is 2.73. The predicted molar refractivity (Wildman–Crippen MR) is 132 cm³/mol. The lowest BCUT2D eigenvalue weighted by atomic mass is 9.95. The minimum Gasteiger partial charge on any atom is -0.508 e. The van der Waals surface area contributed by atoms with E-state index >= 15 is 0 Å². The van der Waals surface area contributed by atoms with Crippen molar-refractivity contribution in [1.82, 2.24) is 5.32 Å². The van der Waals surface area contributed by atoms with Crippen molar-refractivity contribution >= 4 is 11.6 Å². The maximum absolute atomic E-state index is 12.1. The van der Waals surface area contributed by atoms with Crippen LogP contribution in [0, 0.1) is 0 Å². The molecule has 32 heavy (non-hydrogen) atoms. The van der Waals surface area contributed by atoms with Crippen LogP contribution in [0.25, 0.3) is 0 Å². The summed E-state index contributed by atoms with van der Waals surface area (Å²) in [5.41, 5.74) is 5.83. The van der Waals surface area contributed by atoms with E-state index in [1.54, 1.807) is 0 Å². The molecule has 2 rings (SSSR count). The molecule has 4 heteroatoms. The van der Waals surface area contributed by atoms with Gasteiger partial charge in [0.25, 0.3) is 0 Å². The quantitative estimate of drug-likeness (QED) is 0.239. The molecule has 1 aliphatic rings. The van der Waals surface area contributed by atoms with Crippen LogP contribution in [0.1, 0.15) is 76.5 Å². The van der Waals surface area contributed by atoms with E-state index in [-0.39, 0.29) is 11.6 Å². The van der Waals surface area contributed by atoms with Gasteiger partial charge in [0, 0.05) is 18.2 Å². The third-order valence-electron chi connectivity index (χ3n) is 5.61. The number of aryl methyl sites for hydroxylation is 1. The Bertz CT molecular complexity index is 944. The first kappa shape index (κ1) is 25.4. The van der Waals surface area contributed by atoms with Crippen LogP contribution in [0.3, 0.4) is 0 Å². The van der Waals surface area contributed by atoms with Crippen LogP contribution in [-0.2, 0) is 29.0 Å². The van der Waals surface area contributed by atoms with Crippen molar-refractivity contribution < 1.29 is 14.7 Å². The molecule has 0 amide bonds. The van der Waals surface area contributed by atoms with E-state index in [2.05, 4.69) is 51.2 Å². The molecule has 0 atom stereocenters. The Labute approximate surface area is 192 Å². The van der Waals surface area contributed by atoms with Crippen molar-refractivity contribution in [2.75, 3.05) is 0 Å². The van der Waals surface area contributed by atoms with Crippen molar-refractivity contribution in [2.45, 2.75) is 79.2 Å². The van der Waals surface area contributed by atoms with Gasteiger partial charge in [-0.2, -0.15) is 0 Å². The lowest BCUT2D eigenvalue weighted by molar-refractivity contribution is -0.114. The van der Waals surface area contributed by atoms with Gasteiger partial charge in [-0.25, -0.2) is 0 Å². The first-order chi connectivity index (χ1) is 15.3. The van der Waals surface area contributed by atoms with E-state index in [4.69, 9.17) is 0 Å². The number of hydrogen-bond acceptors (Lipinski definition) is 4. The van der Waals surface area contributed by atoms with Gasteiger partial charge in [-0.1, -0.05) is 49.1 Å². The molecule has 0 bridgehead atoms. The van der Waals surface area contributed by atoms with E-state index in [0.717, 1.165) is 55.2 Å². The minimum absolute atomic E-state index is 0.196. The molecular weight excluding hydrogens is 398 g/mol. The summed E-state index contributed by atoms with van der Waals surface area (Å²) in [6.45, 7) is 8.89. The molecule has 0 aromatic heterocycles. The van der Waals surface area contributed by atoms with Crippen molar-refractivity contribution in [3.63, 3.8) is 0 Å². The monoisotopic (exact) mass is 435 g/mol. The molecule has 0 heterocycles. The lowest BCUT2D eigenvalue weighted by Gasteiger charge is -2.16. The van der Waals surface area contributed by atoms with Gasteiger partial charge in [-0.05, 0) is 82.2 Å². The highest BCUT2D eigenvalue weighted by molar-refractivity contribution is 6.16. The van der Waals surface area contributed by atoms with Crippen LogP contribution >= 0.6 is 0 Å². The number of allylic oxidation sites excluding steroid dienone is 7. The molecule has 1 aromatic carbocycles. The third kappa shape index (κ3) is 8.33. The molecule has 1 aromatic rings. The third-order valence-corrected chi connectivity index (χ3v) is 5.61. The fourth-order valence-corrected chi connectivity index (χ4v) is 3.70. The van der Waals surface area contributed by atoms with Gasteiger partial charge in [0.05, 0.1) is 5.70 Å². The summed E-state index contributed by atoms with van der Waals surface area (Å²) in [6.07, 6.45) is 15.2. The molecule has 0 unspecified atom stereocenters. The normalized spacial score (nSPS) is 13.9. The number of carbonyl (C=O) groups excluding carboxylic acids is 2. The summed E-state index contributed by atoms with van der Waals surface area (Å²) < 4.78 is 0. The van der Waals surface area contributed by atoms with Gasteiger partial charge in [-0.15, -0.1) is 0 Å². The second kappa shape index (κ2) is 12.8. The number of carbonyl (C=O) groups is 2. The second-order valence-electron chi connectivity index (χ2n) is 8.80. The molecule has 0 fully saturated rings. The van der Waals surface area contributed by atoms with Crippen LogP contribution in [0.2, 0.25) is 0 Å². The summed E-state index contributed by atoms with van der Waals surface area (Å²) >= 11 is 0. The van der Waals surface area contributed by atoms with Gasteiger partial charge < -0.3 is 10.4 Å². The largest absolute Gasteiger partial charge is 0.508 e. The van der Waals surface area contributed by atoms with E-state index in [0.29, 0.717) is 24.4 Å². The highest BCUT2D eigenvalue weighted by Gasteiger charge is 2.15. The Kier molecular flexibility index (Phi) is 10.2. The number of benzene rings is 1. The van der Waals surface area contributed by atoms with E-state index in [9.17, 15) is 14.7 Å². The van der Waals surface area contributed by atoms with Gasteiger partial charge >= 0.3 is 0 Å². The summed E-state index contributed by atoms with van der Waals surface area (Å²) in [6, 6.07) is 3.99. The SMILES string of the molecule is CCCCCc1cc(O)c(CC=C(C)CCC=C(C)C)c(CNC2=CC(=O)C=CC2=O)c1. The fourth-order valence-electron chi connectivity index (χ4n) is 3.70. The van der Waals surface area contributed by atoms with E-state index in [1.807, 2.05) is 6.07 Å². The van der Waals surface area contributed by atoms with Gasteiger partial charge in [0.15, 0.2) is 5.78 Å². The molecular formula is C28H37NO3. The van der Waals surface area contributed by atoms with Crippen LogP contribution in [-0.4, -0.2) is 16.7 Å². The van der Waals surface area contributed by atoms with Gasteiger partial charge in [0.2, 0.25) is 5.78 Å².